The molecule has 2 N–H and O–H groups in total. The maximum atomic E-state index is 12.7. The highest BCUT2D eigenvalue weighted by Crippen LogP contribution is 2.20. The SMILES string of the molecule is Cc1ccc(NS(=O)(=O)c2ccc(C(=O)Nc3cccc(C(=O)N(C)C)c3)cc2)cc1C. The van der Waals surface area contributed by atoms with Crippen molar-refractivity contribution in [1.29, 1.82) is 0 Å². The average Bonchev–Trinajstić information content (AvgIpc) is 2.75. The Morgan fingerprint density at radius 1 is 0.781 bits per heavy atom. The van der Waals surface area contributed by atoms with Gasteiger partial charge < -0.3 is 10.2 Å². The lowest BCUT2D eigenvalue weighted by atomic mass is 10.1. The summed E-state index contributed by atoms with van der Waals surface area (Å²) < 4.78 is 27.9. The number of anilines is 2. The van der Waals surface area contributed by atoms with Crippen LogP contribution in [0.25, 0.3) is 0 Å². The second-order valence-electron chi connectivity index (χ2n) is 7.66. The Bertz CT molecular complexity index is 1270. The zero-order valence-electron chi connectivity index (χ0n) is 18.3. The number of hydrogen-bond acceptors (Lipinski definition) is 4. The van der Waals surface area contributed by atoms with E-state index in [0.29, 0.717) is 22.5 Å². The molecule has 0 saturated carbocycles. The van der Waals surface area contributed by atoms with Gasteiger partial charge in [-0.2, -0.15) is 0 Å². The molecule has 7 nitrogen and oxygen atoms in total. The van der Waals surface area contributed by atoms with Crippen LogP contribution in [-0.4, -0.2) is 39.2 Å². The number of aryl methyl sites for hydroxylation is 2. The maximum Gasteiger partial charge on any atom is 0.261 e. The lowest BCUT2D eigenvalue weighted by molar-refractivity contribution is 0.0827. The third kappa shape index (κ3) is 5.33. The standard InChI is InChI=1S/C24H25N3O4S/c1-16-8-11-21(14-17(16)2)26-32(30,31)22-12-9-18(10-13-22)23(28)25-20-7-5-6-19(15-20)24(29)27(3)4/h5-15,26H,1-4H3,(H,25,28). The van der Waals surface area contributed by atoms with E-state index in [2.05, 4.69) is 10.0 Å². The number of benzene rings is 3. The highest BCUT2D eigenvalue weighted by molar-refractivity contribution is 7.92. The van der Waals surface area contributed by atoms with E-state index in [1.54, 1.807) is 50.5 Å². The monoisotopic (exact) mass is 451 g/mol. The van der Waals surface area contributed by atoms with Crippen LogP contribution in [0.3, 0.4) is 0 Å². The van der Waals surface area contributed by atoms with Gasteiger partial charge in [0.15, 0.2) is 0 Å². The van der Waals surface area contributed by atoms with Crippen molar-refractivity contribution in [3.8, 4) is 0 Å². The van der Waals surface area contributed by atoms with Gasteiger partial charge in [0, 0.05) is 36.6 Å². The lowest BCUT2D eigenvalue weighted by Crippen LogP contribution is -2.22. The minimum Gasteiger partial charge on any atom is -0.345 e. The van der Waals surface area contributed by atoms with Crippen LogP contribution >= 0.6 is 0 Å². The topological polar surface area (TPSA) is 95.6 Å². The van der Waals surface area contributed by atoms with E-state index in [9.17, 15) is 18.0 Å². The molecule has 0 aliphatic rings. The molecule has 0 atom stereocenters. The summed E-state index contributed by atoms with van der Waals surface area (Å²) in [4.78, 5) is 26.2. The van der Waals surface area contributed by atoms with Gasteiger partial charge in [-0.3, -0.25) is 14.3 Å². The first-order valence-corrected chi connectivity index (χ1v) is 11.4. The van der Waals surface area contributed by atoms with Gasteiger partial charge in [0.25, 0.3) is 21.8 Å². The third-order valence-corrected chi connectivity index (χ3v) is 6.36. The van der Waals surface area contributed by atoms with Crippen molar-refractivity contribution >= 4 is 33.2 Å². The molecule has 166 valence electrons. The number of amides is 2. The summed E-state index contributed by atoms with van der Waals surface area (Å²) in [5.74, 6) is -0.586. The molecule has 0 heterocycles. The Morgan fingerprint density at radius 3 is 2.09 bits per heavy atom. The fourth-order valence-corrected chi connectivity index (χ4v) is 4.05. The zero-order chi connectivity index (χ0) is 23.5. The van der Waals surface area contributed by atoms with Crippen molar-refractivity contribution in [2.75, 3.05) is 24.1 Å². The number of rotatable bonds is 6. The van der Waals surface area contributed by atoms with Gasteiger partial charge in [0.1, 0.15) is 0 Å². The van der Waals surface area contributed by atoms with Crippen molar-refractivity contribution < 1.29 is 18.0 Å². The molecule has 0 unspecified atom stereocenters. The van der Waals surface area contributed by atoms with Gasteiger partial charge >= 0.3 is 0 Å². The molecule has 3 aromatic carbocycles. The smallest absolute Gasteiger partial charge is 0.261 e. The second kappa shape index (κ2) is 9.23. The Labute approximate surface area is 188 Å². The molecular formula is C24H25N3O4S. The molecule has 0 aliphatic carbocycles. The quantitative estimate of drug-likeness (QED) is 0.591. The van der Waals surface area contributed by atoms with Crippen LogP contribution in [0.1, 0.15) is 31.8 Å². The molecular weight excluding hydrogens is 426 g/mol. The summed E-state index contributed by atoms with van der Waals surface area (Å²) in [5.41, 5.74) is 3.73. The molecule has 0 spiro atoms. The first kappa shape index (κ1) is 23.0. The molecule has 0 fully saturated rings. The minimum atomic E-state index is -3.79. The van der Waals surface area contributed by atoms with Crippen LogP contribution in [0.15, 0.2) is 71.6 Å². The Balaban J connectivity index is 1.73. The van der Waals surface area contributed by atoms with Crippen LogP contribution in [0.4, 0.5) is 11.4 Å². The maximum absolute atomic E-state index is 12.7. The Morgan fingerprint density at radius 2 is 1.47 bits per heavy atom. The summed E-state index contributed by atoms with van der Waals surface area (Å²) in [6.07, 6.45) is 0. The summed E-state index contributed by atoms with van der Waals surface area (Å²) in [6, 6.07) is 17.6. The normalized spacial score (nSPS) is 11.0. The van der Waals surface area contributed by atoms with Crippen molar-refractivity contribution in [3.05, 3.63) is 89.0 Å². The second-order valence-corrected chi connectivity index (χ2v) is 9.35. The number of nitrogens with one attached hydrogen (secondary N) is 2. The van der Waals surface area contributed by atoms with Crippen molar-refractivity contribution in [2.24, 2.45) is 0 Å². The first-order chi connectivity index (χ1) is 15.1. The number of hydrogen-bond donors (Lipinski definition) is 2. The Hall–Kier alpha value is -3.65. The Kier molecular flexibility index (Phi) is 6.64. The molecule has 0 bridgehead atoms. The van der Waals surface area contributed by atoms with Crippen LogP contribution in [0.5, 0.6) is 0 Å². The first-order valence-electron chi connectivity index (χ1n) is 9.90. The molecule has 3 aromatic rings. The molecule has 0 radical (unpaired) electrons. The summed E-state index contributed by atoms with van der Waals surface area (Å²) in [7, 11) is -0.490. The summed E-state index contributed by atoms with van der Waals surface area (Å²) in [6.45, 7) is 3.86. The fraction of sp³-hybridized carbons (Fsp3) is 0.167. The minimum absolute atomic E-state index is 0.0471. The van der Waals surface area contributed by atoms with Crippen LogP contribution in [-0.2, 0) is 10.0 Å². The van der Waals surface area contributed by atoms with Crippen molar-refractivity contribution in [1.82, 2.24) is 4.90 Å². The van der Waals surface area contributed by atoms with E-state index in [-0.39, 0.29) is 10.8 Å². The van der Waals surface area contributed by atoms with E-state index >= 15 is 0 Å². The number of carbonyl (C=O) groups is 2. The summed E-state index contributed by atoms with van der Waals surface area (Å²) >= 11 is 0. The van der Waals surface area contributed by atoms with E-state index < -0.39 is 15.9 Å². The highest BCUT2D eigenvalue weighted by atomic mass is 32.2. The van der Waals surface area contributed by atoms with E-state index in [1.165, 1.54) is 29.2 Å². The molecule has 0 saturated heterocycles. The van der Waals surface area contributed by atoms with Gasteiger partial charge in [-0.15, -0.1) is 0 Å². The predicted octanol–water partition coefficient (Wildman–Crippen LogP) is 4.06. The van der Waals surface area contributed by atoms with E-state index in [4.69, 9.17) is 0 Å². The molecule has 32 heavy (non-hydrogen) atoms. The van der Waals surface area contributed by atoms with Crippen molar-refractivity contribution in [3.63, 3.8) is 0 Å². The molecule has 2 amide bonds. The zero-order valence-corrected chi connectivity index (χ0v) is 19.2. The summed E-state index contributed by atoms with van der Waals surface area (Å²) in [5, 5.41) is 2.73. The van der Waals surface area contributed by atoms with Crippen LogP contribution in [0.2, 0.25) is 0 Å². The molecule has 8 heteroatoms. The van der Waals surface area contributed by atoms with Gasteiger partial charge in [-0.25, -0.2) is 8.42 Å². The van der Waals surface area contributed by atoms with Gasteiger partial charge in [0.05, 0.1) is 4.90 Å². The average molecular weight is 452 g/mol. The number of carbonyl (C=O) groups excluding carboxylic acids is 2. The van der Waals surface area contributed by atoms with Gasteiger partial charge in [0.2, 0.25) is 0 Å². The highest BCUT2D eigenvalue weighted by Gasteiger charge is 2.16. The molecule has 0 aromatic heterocycles. The van der Waals surface area contributed by atoms with E-state index in [0.717, 1.165) is 11.1 Å². The number of sulfonamides is 1. The van der Waals surface area contributed by atoms with Crippen molar-refractivity contribution in [2.45, 2.75) is 18.7 Å². The van der Waals surface area contributed by atoms with E-state index in [1.807, 2.05) is 19.9 Å². The van der Waals surface area contributed by atoms with Crippen LogP contribution in [0, 0.1) is 13.8 Å². The molecule has 0 aliphatic heterocycles. The van der Waals surface area contributed by atoms with Gasteiger partial charge in [-0.05, 0) is 79.6 Å². The lowest BCUT2D eigenvalue weighted by Gasteiger charge is -2.12. The fourth-order valence-electron chi connectivity index (χ4n) is 3.00. The van der Waals surface area contributed by atoms with Gasteiger partial charge in [-0.1, -0.05) is 12.1 Å². The van der Waals surface area contributed by atoms with Crippen LogP contribution < -0.4 is 10.0 Å². The predicted molar refractivity (Wildman–Crippen MR) is 126 cm³/mol. The molecule has 3 rings (SSSR count). The largest absolute Gasteiger partial charge is 0.345 e. The third-order valence-electron chi connectivity index (χ3n) is 4.96. The number of nitrogens with zero attached hydrogens (tertiary/aromatic N) is 1.